The maximum absolute atomic E-state index is 12.0. The van der Waals surface area contributed by atoms with Crippen molar-refractivity contribution in [2.45, 2.75) is 13.3 Å². The van der Waals surface area contributed by atoms with Crippen molar-refractivity contribution in [2.24, 2.45) is 7.05 Å². The van der Waals surface area contributed by atoms with E-state index in [1.807, 2.05) is 31.3 Å². The summed E-state index contributed by atoms with van der Waals surface area (Å²) >= 11 is 0. The Balaban J connectivity index is 1.92. The predicted octanol–water partition coefficient (Wildman–Crippen LogP) is 1.06. The molecule has 1 heterocycles. The number of nitrogens with one attached hydrogen (secondary N) is 2. The van der Waals surface area contributed by atoms with Gasteiger partial charge in [0.05, 0.1) is 0 Å². The van der Waals surface area contributed by atoms with Gasteiger partial charge in [-0.1, -0.05) is 12.1 Å². The molecule has 0 aliphatic heterocycles. The highest BCUT2D eigenvalue weighted by Crippen LogP contribution is 2.07. The molecule has 2 N–H and O–H groups in total. The summed E-state index contributed by atoms with van der Waals surface area (Å²) in [7, 11) is 3.39. The van der Waals surface area contributed by atoms with Crippen molar-refractivity contribution >= 4 is 11.8 Å². The standard InChI is InChI=1S/C16H20N4O2/c1-11-10-20(3)19-14(11)16(22)18-8-7-12-5-4-6-13(9-12)15(21)17-2/h4-6,9-10H,7-8H2,1-3H3,(H,17,21)(H,18,22). The van der Waals surface area contributed by atoms with E-state index in [0.717, 1.165) is 11.1 Å². The Kier molecular flexibility index (Phi) is 4.93. The molecule has 116 valence electrons. The van der Waals surface area contributed by atoms with E-state index in [1.165, 1.54) is 0 Å². The van der Waals surface area contributed by atoms with Gasteiger partial charge in [-0.2, -0.15) is 5.10 Å². The summed E-state index contributed by atoms with van der Waals surface area (Å²) in [5.41, 5.74) is 2.91. The fourth-order valence-corrected chi connectivity index (χ4v) is 2.25. The molecule has 2 amide bonds. The molecule has 0 spiro atoms. The first-order valence-corrected chi connectivity index (χ1v) is 7.10. The van der Waals surface area contributed by atoms with Gasteiger partial charge in [-0.05, 0) is 31.0 Å². The van der Waals surface area contributed by atoms with Gasteiger partial charge in [0.2, 0.25) is 0 Å². The fraction of sp³-hybridized carbons (Fsp3) is 0.312. The third kappa shape index (κ3) is 3.72. The Bertz CT molecular complexity index is 691. The van der Waals surface area contributed by atoms with Crippen molar-refractivity contribution in [3.05, 3.63) is 52.8 Å². The van der Waals surface area contributed by atoms with Crippen molar-refractivity contribution in [2.75, 3.05) is 13.6 Å². The van der Waals surface area contributed by atoms with Crippen molar-refractivity contribution in [1.29, 1.82) is 0 Å². The van der Waals surface area contributed by atoms with Crippen LogP contribution in [0.25, 0.3) is 0 Å². The summed E-state index contributed by atoms with van der Waals surface area (Å²) in [6, 6.07) is 7.37. The van der Waals surface area contributed by atoms with Crippen LogP contribution < -0.4 is 10.6 Å². The summed E-state index contributed by atoms with van der Waals surface area (Å²) in [5, 5.41) is 9.58. The van der Waals surface area contributed by atoms with Crippen LogP contribution in [0.15, 0.2) is 30.5 Å². The second-order valence-corrected chi connectivity index (χ2v) is 5.12. The van der Waals surface area contributed by atoms with Gasteiger partial charge < -0.3 is 10.6 Å². The smallest absolute Gasteiger partial charge is 0.272 e. The lowest BCUT2D eigenvalue weighted by molar-refractivity contribution is 0.0943. The second kappa shape index (κ2) is 6.89. The molecule has 0 unspecified atom stereocenters. The Morgan fingerprint density at radius 3 is 2.68 bits per heavy atom. The zero-order valence-corrected chi connectivity index (χ0v) is 13.0. The Morgan fingerprint density at radius 2 is 2.05 bits per heavy atom. The van der Waals surface area contributed by atoms with Crippen LogP contribution in [0.5, 0.6) is 0 Å². The van der Waals surface area contributed by atoms with Crippen LogP contribution in [0.3, 0.4) is 0 Å². The molecular weight excluding hydrogens is 280 g/mol. The van der Waals surface area contributed by atoms with Crippen LogP contribution in [-0.2, 0) is 13.5 Å². The highest BCUT2D eigenvalue weighted by molar-refractivity contribution is 5.94. The van der Waals surface area contributed by atoms with E-state index >= 15 is 0 Å². The molecule has 6 nitrogen and oxygen atoms in total. The number of hydrogen-bond acceptors (Lipinski definition) is 3. The Labute approximate surface area is 129 Å². The zero-order chi connectivity index (χ0) is 16.1. The van der Waals surface area contributed by atoms with Gasteiger partial charge in [0.25, 0.3) is 11.8 Å². The SMILES string of the molecule is CNC(=O)c1cccc(CCNC(=O)c2nn(C)cc2C)c1. The number of amides is 2. The van der Waals surface area contributed by atoms with Crippen LogP contribution in [0.1, 0.15) is 32.0 Å². The van der Waals surface area contributed by atoms with Crippen LogP contribution in [0.2, 0.25) is 0 Å². The van der Waals surface area contributed by atoms with Gasteiger partial charge >= 0.3 is 0 Å². The number of aromatic nitrogens is 2. The molecule has 1 aromatic carbocycles. The van der Waals surface area contributed by atoms with E-state index in [1.54, 1.807) is 24.8 Å². The molecule has 0 saturated heterocycles. The lowest BCUT2D eigenvalue weighted by Gasteiger charge is -2.06. The average molecular weight is 300 g/mol. The maximum Gasteiger partial charge on any atom is 0.272 e. The number of aryl methyl sites for hydroxylation is 2. The molecule has 22 heavy (non-hydrogen) atoms. The number of carbonyl (C=O) groups excluding carboxylic acids is 2. The highest BCUT2D eigenvalue weighted by Gasteiger charge is 2.12. The molecule has 1 aromatic heterocycles. The third-order valence-corrected chi connectivity index (χ3v) is 3.34. The first-order chi connectivity index (χ1) is 10.5. The van der Waals surface area contributed by atoms with Gasteiger partial charge in [-0.3, -0.25) is 14.3 Å². The number of carbonyl (C=O) groups is 2. The van der Waals surface area contributed by atoms with Crippen LogP contribution in [0, 0.1) is 6.92 Å². The summed E-state index contributed by atoms with van der Waals surface area (Å²) in [6.07, 6.45) is 2.46. The number of hydrogen-bond donors (Lipinski definition) is 2. The predicted molar refractivity (Wildman–Crippen MR) is 83.8 cm³/mol. The van der Waals surface area contributed by atoms with Gasteiger partial charge in [0.15, 0.2) is 5.69 Å². The number of rotatable bonds is 5. The Morgan fingerprint density at radius 1 is 1.27 bits per heavy atom. The molecule has 0 radical (unpaired) electrons. The molecule has 6 heteroatoms. The largest absolute Gasteiger partial charge is 0.355 e. The molecule has 0 saturated carbocycles. The van der Waals surface area contributed by atoms with Crippen LogP contribution >= 0.6 is 0 Å². The van der Waals surface area contributed by atoms with Crippen molar-refractivity contribution in [1.82, 2.24) is 20.4 Å². The first kappa shape index (κ1) is 15.8. The lowest BCUT2D eigenvalue weighted by Crippen LogP contribution is -2.27. The number of nitrogens with zero attached hydrogens (tertiary/aromatic N) is 2. The van der Waals surface area contributed by atoms with Gasteiger partial charge in [0.1, 0.15) is 0 Å². The van der Waals surface area contributed by atoms with Crippen LogP contribution in [-0.4, -0.2) is 35.2 Å². The van der Waals surface area contributed by atoms with E-state index < -0.39 is 0 Å². The van der Waals surface area contributed by atoms with Crippen molar-refractivity contribution in [3.8, 4) is 0 Å². The summed E-state index contributed by atoms with van der Waals surface area (Å²) in [6.45, 7) is 2.35. The minimum atomic E-state index is -0.180. The van der Waals surface area contributed by atoms with E-state index in [4.69, 9.17) is 0 Å². The van der Waals surface area contributed by atoms with Crippen molar-refractivity contribution < 1.29 is 9.59 Å². The average Bonchev–Trinajstić information content (AvgIpc) is 2.85. The molecular formula is C16H20N4O2. The zero-order valence-electron chi connectivity index (χ0n) is 13.0. The molecule has 2 rings (SSSR count). The maximum atomic E-state index is 12.0. The number of benzene rings is 1. The molecule has 2 aromatic rings. The van der Waals surface area contributed by atoms with Gasteiger partial charge in [-0.15, -0.1) is 0 Å². The van der Waals surface area contributed by atoms with E-state index in [9.17, 15) is 9.59 Å². The molecule has 0 aliphatic carbocycles. The van der Waals surface area contributed by atoms with Crippen LogP contribution in [0.4, 0.5) is 0 Å². The topological polar surface area (TPSA) is 76.0 Å². The quantitative estimate of drug-likeness (QED) is 0.867. The monoisotopic (exact) mass is 300 g/mol. The summed E-state index contributed by atoms with van der Waals surface area (Å²) in [5.74, 6) is -0.296. The van der Waals surface area contributed by atoms with E-state index in [0.29, 0.717) is 24.2 Å². The van der Waals surface area contributed by atoms with E-state index in [-0.39, 0.29) is 11.8 Å². The van der Waals surface area contributed by atoms with Gasteiger partial charge in [-0.25, -0.2) is 0 Å². The minimum absolute atomic E-state index is 0.116. The molecule has 0 atom stereocenters. The molecule has 0 bridgehead atoms. The van der Waals surface area contributed by atoms with Gasteiger partial charge in [0, 0.05) is 38.0 Å². The second-order valence-electron chi connectivity index (χ2n) is 5.12. The summed E-state index contributed by atoms with van der Waals surface area (Å²) in [4.78, 5) is 23.6. The fourth-order valence-electron chi connectivity index (χ4n) is 2.25. The lowest BCUT2D eigenvalue weighted by atomic mass is 10.1. The first-order valence-electron chi connectivity index (χ1n) is 7.10. The Hall–Kier alpha value is -2.63. The molecule has 0 fully saturated rings. The summed E-state index contributed by atoms with van der Waals surface area (Å²) < 4.78 is 1.62. The highest BCUT2D eigenvalue weighted by atomic mass is 16.2. The normalized spacial score (nSPS) is 10.3. The van der Waals surface area contributed by atoms with Crippen molar-refractivity contribution in [3.63, 3.8) is 0 Å². The minimum Gasteiger partial charge on any atom is -0.355 e. The van der Waals surface area contributed by atoms with E-state index in [2.05, 4.69) is 15.7 Å². The third-order valence-electron chi connectivity index (χ3n) is 3.34. The molecule has 0 aliphatic rings.